The first-order valence-electron chi connectivity index (χ1n) is 18.7. The quantitative estimate of drug-likeness (QED) is 0.0632. The minimum Gasteiger partial charge on any atom is -0.481 e. The molecule has 4 rings (SSSR count). The van der Waals surface area contributed by atoms with Crippen molar-refractivity contribution in [1.82, 2.24) is 30.9 Å². The zero-order valence-electron chi connectivity index (χ0n) is 36.7. The molecule has 0 saturated carbocycles. The van der Waals surface area contributed by atoms with Crippen LogP contribution in [0, 0.1) is 11.8 Å². The molecule has 28 heteroatoms. The van der Waals surface area contributed by atoms with E-state index in [1.807, 2.05) is 38.7 Å². The maximum absolute atomic E-state index is 12.8. The summed E-state index contributed by atoms with van der Waals surface area (Å²) in [5, 5.41) is 4.59. The molecule has 0 aliphatic heterocycles. The topological polar surface area (TPSA) is 301 Å². The molecule has 2 aromatic carbocycles. The SMILES string of the molecule is CCOS(=O)c1ccc(N=CC(C)C)cc1S(=O)ONC(=O)Nc1nc(OC)cc(OC)n1.COc1cc(OC)nc(NC(=O)NOS(=O)c2cc(N=CC(C)C)ccc2S(=O)OC)n1. The third kappa shape index (κ3) is 17.9. The Balaban J connectivity index is 0.000000345. The van der Waals surface area contributed by atoms with Crippen molar-refractivity contribution < 1.29 is 62.3 Å². The third-order valence-corrected chi connectivity index (χ3v) is 11.4. The minimum atomic E-state index is -2.24. The van der Waals surface area contributed by atoms with E-state index in [1.54, 1.807) is 31.5 Å². The number of methoxy groups -OCH3 is 4. The lowest BCUT2D eigenvalue weighted by Gasteiger charge is -2.11. The molecule has 4 unspecified atom stereocenters. The Morgan fingerprint density at radius 3 is 1.26 bits per heavy atom. The number of nitrogens with zero attached hydrogens (tertiary/aromatic N) is 6. The van der Waals surface area contributed by atoms with E-state index in [0.29, 0.717) is 11.4 Å². The smallest absolute Gasteiger partial charge is 0.346 e. The minimum absolute atomic E-state index is 0.0168. The molecule has 65 heavy (non-hydrogen) atoms. The summed E-state index contributed by atoms with van der Waals surface area (Å²) >= 11 is -8.27. The first kappa shape index (κ1) is 53.5. The number of carbonyl (C=O) groups excluding carboxylic acids is 2. The Kier molecular flexibility index (Phi) is 22.6. The standard InChI is InChI=1S/C19H25N5O7S2.C18H23N5O7S2/c1-6-30-32(26)14-8-7-13(20-11-12(2)3)9-15(14)33(27)31-24-19(25)23-18-21-16(28-4)10-17(22-18)29-5;1-11(2)10-19-12-6-7-13(31(25)29-5)14(8-12)32(26)30-23-18(24)22-17-20-15(27-3)9-16(21-17)28-4/h7-12H,6H2,1-5H3,(H2,21,22,23,24,25);6-11H,1-5H3,(H2,20,21,22,23,24). The molecular formula is C37H48N10O14S4. The second kappa shape index (κ2) is 27.4. The zero-order valence-corrected chi connectivity index (χ0v) is 39.9. The fourth-order valence-electron chi connectivity index (χ4n) is 4.25. The van der Waals surface area contributed by atoms with Gasteiger partial charge in [-0.05, 0) is 55.2 Å². The van der Waals surface area contributed by atoms with Gasteiger partial charge in [0.1, 0.15) is 0 Å². The Hall–Kier alpha value is -5.88. The molecule has 0 bridgehead atoms. The van der Waals surface area contributed by atoms with Crippen LogP contribution in [-0.2, 0) is 61.3 Å². The molecule has 0 aliphatic rings. The number of amides is 4. The van der Waals surface area contributed by atoms with Crippen LogP contribution in [0.3, 0.4) is 0 Å². The maximum atomic E-state index is 12.8. The number of rotatable bonds is 21. The first-order valence-corrected chi connectivity index (χ1v) is 23.0. The van der Waals surface area contributed by atoms with Crippen molar-refractivity contribution in [1.29, 1.82) is 0 Å². The fraction of sp³-hybridized carbons (Fsp3) is 0.351. The second-order valence-corrected chi connectivity index (χ2v) is 17.2. The summed E-state index contributed by atoms with van der Waals surface area (Å²) in [5.74, 6) is 0.725. The lowest BCUT2D eigenvalue weighted by atomic mass is 10.2. The predicted octanol–water partition coefficient (Wildman–Crippen LogP) is 4.98. The molecule has 4 aromatic rings. The largest absolute Gasteiger partial charge is 0.481 e. The van der Waals surface area contributed by atoms with E-state index in [2.05, 4.69) is 40.6 Å². The lowest BCUT2D eigenvalue weighted by Crippen LogP contribution is -2.30. The molecule has 0 spiro atoms. The highest BCUT2D eigenvalue weighted by Gasteiger charge is 2.21. The van der Waals surface area contributed by atoms with Crippen LogP contribution in [-0.4, -0.2) is 103 Å². The van der Waals surface area contributed by atoms with E-state index in [-0.39, 0.29) is 73.4 Å². The highest BCUT2D eigenvalue weighted by Crippen LogP contribution is 2.27. The number of aromatic nitrogens is 4. The summed E-state index contributed by atoms with van der Waals surface area (Å²) in [6.45, 7) is 9.66. The summed E-state index contributed by atoms with van der Waals surface area (Å²) < 4.78 is 89.8. The first-order chi connectivity index (χ1) is 31.0. The number of urea groups is 2. The number of aliphatic imine (C=N–C) groups is 2. The van der Waals surface area contributed by atoms with Crippen molar-refractivity contribution in [3.05, 3.63) is 48.5 Å². The van der Waals surface area contributed by atoms with Crippen LogP contribution in [0.5, 0.6) is 23.5 Å². The van der Waals surface area contributed by atoms with Crippen molar-refractivity contribution >= 4 is 92.1 Å². The van der Waals surface area contributed by atoms with Gasteiger partial charge < -0.3 is 18.9 Å². The number of carbonyl (C=O) groups is 2. The van der Waals surface area contributed by atoms with Crippen molar-refractivity contribution in [2.45, 2.75) is 54.2 Å². The number of hydrogen-bond donors (Lipinski definition) is 4. The van der Waals surface area contributed by atoms with Gasteiger partial charge >= 0.3 is 12.1 Å². The van der Waals surface area contributed by atoms with Crippen LogP contribution in [0.1, 0.15) is 34.6 Å². The number of anilines is 2. The molecule has 0 fully saturated rings. The molecule has 4 atom stereocenters. The van der Waals surface area contributed by atoms with Crippen LogP contribution >= 0.6 is 0 Å². The van der Waals surface area contributed by atoms with Crippen molar-refractivity contribution in [3.8, 4) is 23.5 Å². The highest BCUT2D eigenvalue weighted by atomic mass is 32.2. The molecular weight excluding hydrogens is 937 g/mol. The molecule has 24 nitrogen and oxygen atoms in total. The molecule has 354 valence electrons. The molecule has 0 aliphatic carbocycles. The van der Waals surface area contributed by atoms with E-state index in [1.165, 1.54) is 71.9 Å². The Bertz CT molecular complexity index is 2370. The summed E-state index contributed by atoms with van der Waals surface area (Å²) in [6.07, 6.45) is 3.40. The molecule has 0 saturated heterocycles. The van der Waals surface area contributed by atoms with Gasteiger partial charge in [-0.2, -0.15) is 28.5 Å². The van der Waals surface area contributed by atoms with Gasteiger partial charge in [0.15, 0.2) is 22.2 Å². The normalized spacial score (nSPS) is 13.0. The number of hydroxylamine groups is 2. The van der Waals surface area contributed by atoms with Gasteiger partial charge in [-0.3, -0.25) is 29.0 Å². The molecule has 2 aromatic heterocycles. The van der Waals surface area contributed by atoms with E-state index in [0.717, 1.165) is 0 Å². The number of hydrogen-bond acceptors (Lipinski definition) is 20. The van der Waals surface area contributed by atoms with Crippen LogP contribution in [0.25, 0.3) is 0 Å². The Morgan fingerprint density at radius 2 is 0.938 bits per heavy atom. The maximum Gasteiger partial charge on any atom is 0.346 e. The molecule has 4 amide bonds. The number of nitrogens with one attached hydrogen (secondary N) is 4. The second-order valence-electron chi connectivity index (χ2n) is 12.7. The van der Waals surface area contributed by atoms with Gasteiger partial charge in [-0.15, -0.1) is 0 Å². The number of ether oxygens (including phenoxy) is 4. The summed E-state index contributed by atoms with van der Waals surface area (Å²) in [6, 6.07) is 10.0. The van der Waals surface area contributed by atoms with Gasteiger partial charge in [0.2, 0.25) is 57.6 Å². The zero-order chi connectivity index (χ0) is 48.1. The van der Waals surface area contributed by atoms with Crippen molar-refractivity contribution in [2.75, 3.05) is 52.8 Å². The van der Waals surface area contributed by atoms with Crippen molar-refractivity contribution in [3.63, 3.8) is 0 Å². The van der Waals surface area contributed by atoms with Crippen LogP contribution in [0.15, 0.2) is 78.1 Å². The van der Waals surface area contributed by atoms with Crippen LogP contribution in [0.4, 0.5) is 32.9 Å². The van der Waals surface area contributed by atoms with E-state index in [4.69, 9.17) is 35.9 Å². The van der Waals surface area contributed by atoms with Gasteiger partial charge in [0, 0.05) is 12.4 Å². The average molecular weight is 985 g/mol. The van der Waals surface area contributed by atoms with Crippen LogP contribution in [0.2, 0.25) is 0 Å². The van der Waals surface area contributed by atoms with Gasteiger partial charge in [0.05, 0.1) is 85.2 Å². The molecule has 2 heterocycles. The third-order valence-electron chi connectivity index (χ3n) is 7.06. The Morgan fingerprint density at radius 1 is 0.569 bits per heavy atom. The van der Waals surface area contributed by atoms with Gasteiger partial charge in [-0.25, -0.2) is 37.4 Å². The fourth-order valence-corrected chi connectivity index (χ4v) is 7.78. The predicted molar refractivity (Wildman–Crippen MR) is 240 cm³/mol. The summed E-state index contributed by atoms with van der Waals surface area (Å²) in [4.78, 5) is 48.8. The van der Waals surface area contributed by atoms with E-state index >= 15 is 0 Å². The summed E-state index contributed by atoms with van der Waals surface area (Å²) in [5.41, 5.74) is 4.88. The van der Waals surface area contributed by atoms with Gasteiger partial charge in [-0.1, -0.05) is 27.7 Å². The average Bonchev–Trinajstić information content (AvgIpc) is 3.30. The van der Waals surface area contributed by atoms with E-state index < -0.39 is 56.4 Å². The van der Waals surface area contributed by atoms with E-state index in [9.17, 15) is 26.4 Å². The molecule has 0 radical (unpaired) electrons. The monoisotopic (exact) mass is 984 g/mol. The highest BCUT2D eigenvalue weighted by molar-refractivity contribution is 7.84. The molecule has 4 N–H and O–H groups in total. The lowest BCUT2D eigenvalue weighted by molar-refractivity contribution is 0.200. The van der Waals surface area contributed by atoms with Crippen molar-refractivity contribution in [2.24, 2.45) is 21.8 Å². The van der Waals surface area contributed by atoms with Crippen LogP contribution < -0.4 is 40.5 Å². The van der Waals surface area contributed by atoms with Gasteiger partial charge in [0.25, 0.3) is 0 Å². The number of benzene rings is 2. The Labute approximate surface area is 384 Å². The summed E-state index contributed by atoms with van der Waals surface area (Å²) in [7, 11) is 6.79.